The molecule has 3 N–H and O–H groups in total. The predicted octanol–water partition coefficient (Wildman–Crippen LogP) is 1.15. The number of anilines is 1. The summed E-state index contributed by atoms with van der Waals surface area (Å²) in [6.45, 7) is 2.51. The summed E-state index contributed by atoms with van der Waals surface area (Å²) in [4.78, 5) is 12.0. The van der Waals surface area contributed by atoms with Crippen LogP contribution in [0.1, 0.15) is 17.3 Å². The van der Waals surface area contributed by atoms with Crippen LogP contribution in [0.5, 0.6) is 0 Å². The van der Waals surface area contributed by atoms with Crippen LogP contribution in [-0.4, -0.2) is 38.6 Å². The van der Waals surface area contributed by atoms with E-state index in [0.29, 0.717) is 11.8 Å². The van der Waals surface area contributed by atoms with Crippen molar-refractivity contribution >= 4 is 33.2 Å². The molecule has 0 bridgehead atoms. The van der Waals surface area contributed by atoms with Crippen molar-refractivity contribution in [1.29, 1.82) is 0 Å². The minimum absolute atomic E-state index is 0.0514. The van der Waals surface area contributed by atoms with Crippen molar-refractivity contribution in [2.24, 2.45) is 0 Å². The lowest BCUT2D eigenvalue weighted by molar-refractivity contribution is 0.0954. The molecule has 0 aliphatic rings. The molecule has 0 fully saturated rings. The Morgan fingerprint density at radius 2 is 2.05 bits per heavy atom. The number of amides is 1. The van der Waals surface area contributed by atoms with Gasteiger partial charge in [0.25, 0.3) is 5.91 Å². The quantitative estimate of drug-likeness (QED) is 0.797. The highest BCUT2D eigenvalue weighted by Gasteiger charge is 2.13. The van der Waals surface area contributed by atoms with Crippen LogP contribution in [0.2, 0.25) is 0 Å². The van der Waals surface area contributed by atoms with E-state index in [1.807, 2.05) is 13.2 Å². The minimum atomic E-state index is -3.38. The first-order valence-electron chi connectivity index (χ1n) is 5.65. The fraction of sp³-hybridized carbons (Fsp3) is 0.417. The number of benzene rings is 1. The number of nitrogens with two attached hydrogens (primary N) is 1. The number of nitrogens with one attached hydrogen (secondary N) is 1. The largest absolute Gasteiger partial charge is 0.399 e. The van der Waals surface area contributed by atoms with Crippen molar-refractivity contribution in [3.8, 4) is 0 Å². The van der Waals surface area contributed by atoms with Crippen molar-refractivity contribution in [1.82, 2.24) is 5.32 Å². The molecule has 5 nitrogen and oxygen atoms in total. The molecular weight excluding hydrogens is 284 g/mol. The van der Waals surface area contributed by atoms with E-state index in [2.05, 4.69) is 5.32 Å². The van der Waals surface area contributed by atoms with Gasteiger partial charge in [0.2, 0.25) is 0 Å². The number of thioether (sulfide) groups is 1. The van der Waals surface area contributed by atoms with Crippen LogP contribution in [0.25, 0.3) is 0 Å². The molecule has 0 aromatic heterocycles. The predicted molar refractivity (Wildman–Crippen MR) is 79.3 cm³/mol. The van der Waals surface area contributed by atoms with Crippen LogP contribution in [0.3, 0.4) is 0 Å². The van der Waals surface area contributed by atoms with Crippen LogP contribution in [0.15, 0.2) is 23.1 Å². The average Bonchev–Trinajstić information content (AvgIpc) is 2.33. The Balaban J connectivity index is 2.95. The van der Waals surface area contributed by atoms with E-state index < -0.39 is 9.84 Å². The molecule has 0 saturated carbocycles. The molecule has 106 valence electrons. The lowest BCUT2D eigenvalue weighted by atomic mass is 10.2. The summed E-state index contributed by atoms with van der Waals surface area (Å²) < 4.78 is 23.0. The molecule has 1 unspecified atom stereocenters. The number of hydrogen-bond donors (Lipinski definition) is 2. The number of nitrogen functional groups attached to an aromatic ring is 1. The minimum Gasteiger partial charge on any atom is -0.399 e. The highest BCUT2D eigenvalue weighted by Crippen LogP contribution is 2.17. The third-order valence-electron chi connectivity index (χ3n) is 2.57. The second-order valence-corrected chi connectivity index (χ2v) is 7.61. The maximum absolute atomic E-state index is 11.9. The SMILES string of the molecule is CSC(C)CNC(=O)c1cc(N)cc(S(C)(=O)=O)c1. The molecular formula is C12H18N2O3S2. The zero-order chi connectivity index (χ0) is 14.6. The van der Waals surface area contributed by atoms with Gasteiger partial charge >= 0.3 is 0 Å². The van der Waals surface area contributed by atoms with Crippen LogP contribution in [0.4, 0.5) is 5.69 Å². The maximum Gasteiger partial charge on any atom is 0.251 e. The van der Waals surface area contributed by atoms with Gasteiger partial charge in [-0.05, 0) is 24.5 Å². The molecule has 0 radical (unpaired) electrons. The van der Waals surface area contributed by atoms with Crippen LogP contribution >= 0.6 is 11.8 Å². The van der Waals surface area contributed by atoms with Gasteiger partial charge in [0.15, 0.2) is 9.84 Å². The van der Waals surface area contributed by atoms with Gasteiger partial charge in [-0.3, -0.25) is 4.79 Å². The average molecular weight is 302 g/mol. The Morgan fingerprint density at radius 3 is 2.58 bits per heavy atom. The summed E-state index contributed by atoms with van der Waals surface area (Å²) in [5.41, 5.74) is 6.14. The number of carbonyl (C=O) groups is 1. The second-order valence-electron chi connectivity index (χ2n) is 4.32. The Morgan fingerprint density at radius 1 is 1.42 bits per heavy atom. The Kier molecular flexibility index (Phi) is 5.25. The van der Waals surface area contributed by atoms with Crippen molar-refractivity contribution < 1.29 is 13.2 Å². The van der Waals surface area contributed by atoms with Crippen molar-refractivity contribution in [3.05, 3.63) is 23.8 Å². The van der Waals surface area contributed by atoms with Gasteiger partial charge in [-0.1, -0.05) is 6.92 Å². The molecule has 0 aliphatic carbocycles. The van der Waals surface area contributed by atoms with Gasteiger partial charge in [-0.2, -0.15) is 11.8 Å². The van der Waals surface area contributed by atoms with Gasteiger partial charge in [0, 0.05) is 29.3 Å². The molecule has 1 aromatic rings. The van der Waals surface area contributed by atoms with Gasteiger partial charge in [0.05, 0.1) is 4.90 Å². The molecule has 0 aliphatic heterocycles. The number of sulfone groups is 1. The normalized spacial score (nSPS) is 13.0. The maximum atomic E-state index is 11.9. The van der Waals surface area contributed by atoms with E-state index in [4.69, 9.17) is 5.73 Å². The highest BCUT2D eigenvalue weighted by atomic mass is 32.2. The van der Waals surface area contributed by atoms with Crippen molar-refractivity contribution in [3.63, 3.8) is 0 Å². The van der Waals surface area contributed by atoms with E-state index in [9.17, 15) is 13.2 Å². The number of rotatable bonds is 5. The second kappa shape index (κ2) is 6.29. The monoisotopic (exact) mass is 302 g/mol. The highest BCUT2D eigenvalue weighted by molar-refractivity contribution is 7.99. The van der Waals surface area contributed by atoms with Gasteiger partial charge < -0.3 is 11.1 Å². The molecule has 1 aromatic carbocycles. The van der Waals surface area contributed by atoms with Crippen LogP contribution in [-0.2, 0) is 9.84 Å². The summed E-state index contributed by atoms with van der Waals surface area (Å²) in [6.07, 6.45) is 3.04. The first-order chi connectivity index (χ1) is 8.74. The summed E-state index contributed by atoms with van der Waals surface area (Å²) in [6, 6.07) is 4.15. The summed E-state index contributed by atoms with van der Waals surface area (Å²) in [5.74, 6) is -0.321. The summed E-state index contributed by atoms with van der Waals surface area (Å²) in [7, 11) is -3.38. The fourth-order valence-electron chi connectivity index (χ4n) is 1.39. The van der Waals surface area contributed by atoms with Crippen molar-refractivity contribution in [2.45, 2.75) is 17.1 Å². The number of hydrogen-bond acceptors (Lipinski definition) is 5. The molecule has 1 amide bonds. The smallest absolute Gasteiger partial charge is 0.251 e. The molecule has 0 spiro atoms. The summed E-state index contributed by atoms with van der Waals surface area (Å²) >= 11 is 1.64. The third kappa shape index (κ3) is 4.76. The molecule has 0 saturated heterocycles. The Labute approximate surface area is 117 Å². The standard InChI is InChI=1S/C12H18N2O3S2/c1-8(18-2)7-14-12(15)9-4-10(13)6-11(5-9)19(3,16)17/h4-6,8H,7,13H2,1-3H3,(H,14,15). The lowest BCUT2D eigenvalue weighted by Crippen LogP contribution is -2.29. The molecule has 0 heterocycles. The molecule has 1 atom stereocenters. The van der Waals surface area contributed by atoms with Crippen molar-refractivity contribution in [2.75, 3.05) is 24.8 Å². The topological polar surface area (TPSA) is 89.3 Å². The fourth-order valence-corrected chi connectivity index (χ4v) is 2.33. The Bertz CT molecular complexity index is 570. The van der Waals surface area contributed by atoms with E-state index in [1.165, 1.54) is 18.2 Å². The first-order valence-corrected chi connectivity index (χ1v) is 8.83. The van der Waals surface area contributed by atoms with E-state index in [0.717, 1.165) is 6.26 Å². The summed E-state index contributed by atoms with van der Waals surface area (Å²) in [5, 5.41) is 3.04. The van der Waals surface area contributed by atoms with Gasteiger partial charge in [-0.15, -0.1) is 0 Å². The van der Waals surface area contributed by atoms with Gasteiger partial charge in [-0.25, -0.2) is 8.42 Å². The third-order valence-corrected chi connectivity index (χ3v) is 4.64. The molecule has 1 rings (SSSR count). The van der Waals surface area contributed by atoms with Crippen LogP contribution in [0, 0.1) is 0 Å². The van der Waals surface area contributed by atoms with Crippen LogP contribution < -0.4 is 11.1 Å². The number of carbonyl (C=O) groups excluding carboxylic acids is 1. The first kappa shape index (κ1) is 15.8. The Hall–Kier alpha value is -1.21. The zero-order valence-electron chi connectivity index (χ0n) is 11.1. The zero-order valence-corrected chi connectivity index (χ0v) is 12.8. The van der Waals surface area contributed by atoms with E-state index in [1.54, 1.807) is 11.8 Å². The van der Waals surface area contributed by atoms with Gasteiger partial charge in [0.1, 0.15) is 0 Å². The van der Waals surface area contributed by atoms with E-state index in [-0.39, 0.29) is 22.1 Å². The molecule has 19 heavy (non-hydrogen) atoms. The van der Waals surface area contributed by atoms with E-state index >= 15 is 0 Å². The lowest BCUT2D eigenvalue weighted by Gasteiger charge is -2.11. The molecule has 7 heteroatoms.